The second kappa shape index (κ2) is 8.16. The summed E-state index contributed by atoms with van der Waals surface area (Å²) in [7, 11) is -3.95. The van der Waals surface area contributed by atoms with Crippen LogP contribution in [0.5, 0.6) is 5.75 Å². The fourth-order valence-electron chi connectivity index (χ4n) is 2.13. The Balaban J connectivity index is 2.14. The van der Waals surface area contributed by atoms with Gasteiger partial charge in [0.2, 0.25) is 0 Å². The SMILES string of the molecule is Cc1ccc(C(=O)CCOc2ccc(Cl)cc2Cl)c(S(=O)(=O)NN)c1. The first kappa shape index (κ1) is 19.7. The van der Waals surface area contributed by atoms with E-state index in [1.54, 1.807) is 30.0 Å². The third-order valence-electron chi connectivity index (χ3n) is 3.36. The molecule has 0 bridgehead atoms. The molecule has 0 saturated heterocycles. The van der Waals surface area contributed by atoms with Crippen molar-refractivity contribution in [3.8, 4) is 5.75 Å². The predicted molar refractivity (Wildman–Crippen MR) is 96.6 cm³/mol. The maximum atomic E-state index is 12.4. The average Bonchev–Trinajstić information content (AvgIpc) is 2.56. The normalized spacial score (nSPS) is 11.4. The van der Waals surface area contributed by atoms with E-state index in [-0.39, 0.29) is 29.3 Å². The van der Waals surface area contributed by atoms with Gasteiger partial charge in [-0.3, -0.25) is 10.6 Å². The second-order valence-corrected chi connectivity index (χ2v) is 7.74. The number of carbonyl (C=O) groups excluding carboxylic acids is 1. The van der Waals surface area contributed by atoms with Crippen LogP contribution in [0.3, 0.4) is 0 Å². The summed E-state index contributed by atoms with van der Waals surface area (Å²) in [5.41, 5.74) is 0.740. The Hall–Kier alpha value is -1.64. The molecule has 0 aliphatic rings. The molecule has 0 amide bonds. The monoisotopic (exact) mass is 402 g/mol. The van der Waals surface area contributed by atoms with Gasteiger partial charge in [-0.1, -0.05) is 29.3 Å². The summed E-state index contributed by atoms with van der Waals surface area (Å²) in [4.78, 5) is 14.0. The van der Waals surface area contributed by atoms with Gasteiger partial charge in [-0.05, 0) is 42.8 Å². The zero-order valence-electron chi connectivity index (χ0n) is 13.3. The van der Waals surface area contributed by atoms with Crippen molar-refractivity contribution < 1.29 is 17.9 Å². The van der Waals surface area contributed by atoms with Crippen LogP contribution in [0.2, 0.25) is 10.0 Å². The highest BCUT2D eigenvalue weighted by atomic mass is 35.5. The van der Waals surface area contributed by atoms with Gasteiger partial charge in [0, 0.05) is 17.0 Å². The van der Waals surface area contributed by atoms with Crippen molar-refractivity contribution in [1.82, 2.24) is 4.83 Å². The van der Waals surface area contributed by atoms with Crippen molar-refractivity contribution in [1.29, 1.82) is 0 Å². The minimum absolute atomic E-state index is 0.0314. The van der Waals surface area contributed by atoms with Gasteiger partial charge in [-0.25, -0.2) is 8.42 Å². The smallest absolute Gasteiger partial charge is 0.253 e. The fraction of sp³-hybridized carbons (Fsp3) is 0.188. The van der Waals surface area contributed by atoms with Crippen LogP contribution in [0.25, 0.3) is 0 Å². The number of hydrogen-bond acceptors (Lipinski definition) is 5. The number of nitrogens with one attached hydrogen (secondary N) is 1. The van der Waals surface area contributed by atoms with E-state index >= 15 is 0 Å². The molecule has 0 atom stereocenters. The molecular formula is C16H16Cl2N2O4S. The van der Waals surface area contributed by atoms with E-state index in [1.807, 2.05) is 0 Å². The molecule has 2 rings (SSSR count). The van der Waals surface area contributed by atoms with Crippen molar-refractivity contribution in [3.63, 3.8) is 0 Å². The largest absolute Gasteiger partial charge is 0.492 e. The average molecular weight is 403 g/mol. The lowest BCUT2D eigenvalue weighted by molar-refractivity contribution is 0.0959. The molecule has 0 fully saturated rings. The molecule has 6 nitrogen and oxygen atoms in total. The van der Waals surface area contributed by atoms with E-state index in [9.17, 15) is 13.2 Å². The molecule has 25 heavy (non-hydrogen) atoms. The summed E-state index contributed by atoms with van der Waals surface area (Å²) < 4.78 is 29.5. The molecule has 9 heteroatoms. The van der Waals surface area contributed by atoms with E-state index in [4.69, 9.17) is 33.8 Å². The number of sulfonamides is 1. The lowest BCUT2D eigenvalue weighted by Gasteiger charge is -2.11. The molecule has 134 valence electrons. The van der Waals surface area contributed by atoms with Gasteiger partial charge in [-0.2, -0.15) is 4.83 Å². The van der Waals surface area contributed by atoms with E-state index in [0.717, 1.165) is 0 Å². The predicted octanol–water partition coefficient (Wildman–Crippen LogP) is 3.11. The lowest BCUT2D eigenvalue weighted by Crippen LogP contribution is -2.31. The number of hydrazine groups is 1. The Morgan fingerprint density at radius 3 is 2.56 bits per heavy atom. The third-order valence-corrected chi connectivity index (χ3v) is 5.12. The number of ketones is 1. The van der Waals surface area contributed by atoms with Gasteiger partial charge >= 0.3 is 0 Å². The molecule has 3 N–H and O–H groups in total. The Kier molecular flexibility index (Phi) is 6.42. The molecule has 0 unspecified atom stereocenters. The maximum Gasteiger partial charge on any atom is 0.253 e. The van der Waals surface area contributed by atoms with Crippen LogP contribution in [0, 0.1) is 6.92 Å². The molecule has 0 radical (unpaired) electrons. The molecule has 2 aromatic carbocycles. The van der Waals surface area contributed by atoms with Gasteiger partial charge in [0.15, 0.2) is 5.78 Å². The van der Waals surface area contributed by atoms with Crippen molar-refractivity contribution in [2.75, 3.05) is 6.61 Å². The number of benzene rings is 2. The molecular weight excluding hydrogens is 387 g/mol. The molecule has 2 aromatic rings. The standard InChI is InChI=1S/C16H16Cl2N2O4S/c1-10-2-4-12(16(8-10)25(22,23)20-19)14(21)6-7-24-15-5-3-11(17)9-13(15)18/h2-5,8-9,20H,6-7,19H2,1H3. The van der Waals surface area contributed by atoms with E-state index in [0.29, 0.717) is 21.4 Å². The first-order valence-electron chi connectivity index (χ1n) is 7.18. The highest BCUT2D eigenvalue weighted by molar-refractivity contribution is 7.89. The van der Waals surface area contributed by atoms with Crippen LogP contribution in [0.1, 0.15) is 22.3 Å². The molecule has 0 aliphatic carbocycles. The summed E-state index contributed by atoms with van der Waals surface area (Å²) >= 11 is 11.8. The van der Waals surface area contributed by atoms with E-state index in [2.05, 4.69) is 0 Å². The Morgan fingerprint density at radius 1 is 1.20 bits per heavy atom. The van der Waals surface area contributed by atoms with Gasteiger partial charge in [0.1, 0.15) is 5.75 Å². The minimum atomic E-state index is -3.95. The summed E-state index contributed by atoms with van der Waals surface area (Å²) in [5, 5.41) is 0.795. The maximum absolute atomic E-state index is 12.4. The van der Waals surface area contributed by atoms with Crippen molar-refractivity contribution in [3.05, 3.63) is 57.6 Å². The number of halogens is 2. The zero-order chi connectivity index (χ0) is 18.6. The summed E-state index contributed by atoms with van der Waals surface area (Å²) in [5.74, 6) is 5.06. The molecule has 0 aromatic heterocycles. The Morgan fingerprint density at radius 2 is 1.92 bits per heavy atom. The molecule has 0 heterocycles. The first-order valence-corrected chi connectivity index (χ1v) is 9.42. The molecule has 0 aliphatic heterocycles. The number of Topliss-reactive ketones (excluding diaryl/α,β-unsaturated/α-hetero) is 1. The van der Waals surface area contributed by atoms with E-state index in [1.165, 1.54) is 18.2 Å². The minimum Gasteiger partial charge on any atom is -0.492 e. The number of carbonyl (C=O) groups is 1. The fourth-order valence-corrected chi connectivity index (χ4v) is 3.53. The van der Waals surface area contributed by atoms with Gasteiger partial charge in [-0.15, -0.1) is 0 Å². The van der Waals surface area contributed by atoms with Gasteiger partial charge < -0.3 is 4.74 Å². The Bertz CT molecular complexity index is 901. The molecule has 0 saturated carbocycles. The third kappa shape index (κ3) is 4.93. The van der Waals surface area contributed by atoms with Gasteiger partial charge in [0.05, 0.1) is 16.5 Å². The second-order valence-electron chi connectivity index (χ2n) is 5.22. The Labute approximate surface area is 155 Å². The summed E-state index contributed by atoms with van der Waals surface area (Å²) in [6, 6.07) is 9.23. The number of aryl methyl sites for hydroxylation is 1. The van der Waals surface area contributed by atoms with Crippen LogP contribution in [0.15, 0.2) is 41.3 Å². The molecule has 0 spiro atoms. The topological polar surface area (TPSA) is 98.5 Å². The number of ether oxygens (including phenoxy) is 1. The number of rotatable bonds is 7. The van der Waals surface area contributed by atoms with Gasteiger partial charge in [0.25, 0.3) is 10.0 Å². The van der Waals surface area contributed by atoms with Crippen molar-refractivity contribution >= 4 is 39.0 Å². The lowest BCUT2D eigenvalue weighted by atomic mass is 10.1. The first-order chi connectivity index (χ1) is 11.7. The number of hydrogen-bond donors (Lipinski definition) is 2. The summed E-state index contributed by atoms with van der Waals surface area (Å²) in [6.45, 7) is 1.75. The van der Waals surface area contributed by atoms with Crippen LogP contribution in [-0.4, -0.2) is 20.8 Å². The van der Waals surface area contributed by atoms with Crippen LogP contribution in [0.4, 0.5) is 0 Å². The highest BCUT2D eigenvalue weighted by Gasteiger charge is 2.21. The quantitative estimate of drug-likeness (QED) is 0.421. The highest BCUT2D eigenvalue weighted by Crippen LogP contribution is 2.27. The van der Waals surface area contributed by atoms with Crippen LogP contribution in [-0.2, 0) is 10.0 Å². The van der Waals surface area contributed by atoms with E-state index < -0.39 is 10.0 Å². The summed E-state index contributed by atoms with van der Waals surface area (Å²) in [6.07, 6.45) is -0.0326. The van der Waals surface area contributed by atoms with Crippen molar-refractivity contribution in [2.45, 2.75) is 18.2 Å². The van der Waals surface area contributed by atoms with Crippen molar-refractivity contribution in [2.24, 2.45) is 5.84 Å². The van der Waals surface area contributed by atoms with Crippen LogP contribution < -0.4 is 15.4 Å². The number of nitrogens with two attached hydrogens (primary N) is 1. The van der Waals surface area contributed by atoms with Crippen LogP contribution >= 0.6 is 23.2 Å². The zero-order valence-corrected chi connectivity index (χ0v) is 15.6.